The Morgan fingerprint density at radius 3 is 2.52 bits per heavy atom. The molecule has 1 aliphatic heterocycles. The van der Waals surface area contributed by atoms with Gasteiger partial charge in [0.15, 0.2) is 0 Å². The lowest BCUT2D eigenvalue weighted by Crippen LogP contribution is -2.50. The molecule has 0 radical (unpaired) electrons. The number of rotatable bonds is 6. The molecule has 5 rings (SSSR count). The number of hydrogen-bond donors (Lipinski definition) is 3. The second kappa shape index (κ2) is 10.8. The summed E-state index contributed by atoms with van der Waals surface area (Å²) < 4.78 is 0. The molecule has 0 bridgehead atoms. The highest BCUT2D eigenvalue weighted by Crippen LogP contribution is 2.36. The smallest absolute Gasteiger partial charge is 0.269 e. The van der Waals surface area contributed by atoms with E-state index in [-0.39, 0.29) is 30.6 Å². The molecule has 0 fully saturated rings. The van der Waals surface area contributed by atoms with E-state index in [0.717, 1.165) is 22.0 Å². The lowest BCUT2D eigenvalue weighted by molar-refractivity contribution is -0.384. The Morgan fingerprint density at radius 2 is 1.80 bits per heavy atom. The summed E-state index contributed by atoms with van der Waals surface area (Å²) in [5.74, 6) is -0.609. The third kappa shape index (κ3) is 5.83. The summed E-state index contributed by atoms with van der Waals surface area (Å²) in [4.78, 5) is 44.0. The number of nitrogens with zero attached hydrogens (tertiary/aromatic N) is 2. The Hall–Kier alpha value is -4.66. The number of nitro benzene ring substituents is 1. The summed E-state index contributed by atoms with van der Waals surface area (Å²) >= 11 is 0. The van der Waals surface area contributed by atoms with E-state index in [1.54, 1.807) is 11.0 Å². The number of anilines is 1. The Balaban J connectivity index is 1.61. The molecule has 0 saturated heterocycles. The van der Waals surface area contributed by atoms with Crippen LogP contribution in [0.4, 0.5) is 11.4 Å². The van der Waals surface area contributed by atoms with Crippen molar-refractivity contribution >= 4 is 34.1 Å². The molecule has 0 spiro atoms. The number of fused-ring (bicyclic) bond motifs is 2. The van der Waals surface area contributed by atoms with E-state index in [1.165, 1.54) is 12.1 Å². The van der Waals surface area contributed by atoms with Crippen molar-refractivity contribution in [3.8, 4) is 0 Å². The number of nitrogens with one attached hydrogen (secondary N) is 3. The van der Waals surface area contributed by atoms with Crippen molar-refractivity contribution in [1.82, 2.24) is 15.2 Å². The first-order valence-electron chi connectivity index (χ1n) is 13.3. The van der Waals surface area contributed by atoms with Gasteiger partial charge in [-0.05, 0) is 50.5 Å². The van der Waals surface area contributed by atoms with E-state index < -0.39 is 22.4 Å². The number of hydrogen-bond acceptors (Lipinski definition) is 5. The monoisotopic (exact) mass is 539 g/mol. The molecule has 2 atom stereocenters. The van der Waals surface area contributed by atoms with Gasteiger partial charge >= 0.3 is 0 Å². The molecule has 40 heavy (non-hydrogen) atoms. The van der Waals surface area contributed by atoms with E-state index >= 15 is 0 Å². The average Bonchev–Trinajstić information content (AvgIpc) is 3.30. The molecule has 0 aliphatic carbocycles. The lowest BCUT2D eigenvalue weighted by atomic mass is 9.93. The number of benzene rings is 3. The summed E-state index contributed by atoms with van der Waals surface area (Å²) in [5, 5.41) is 19.3. The van der Waals surface area contributed by atoms with Gasteiger partial charge in [-0.15, -0.1) is 0 Å². The van der Waals surface area contributed by atoms with Crippen molar-refractivity contribution in [2.24, 2.45) is 0 Å². The fourth-order valence-electron chi connectivity index (χ4n) is 5.30. The zero-order chi connectivity index (χ0) is 28.4. The van der Waals surface area contributed by atoms with Crippen LogP contribution in [0.2, 0.25) is 0 Å². The van der Waals surface area contributed by atoms with Crippen LogP contribution in [0.5, 0.6) is 0 Å². The predicted molar refractivity (Wildman–Crippen MR) is 155 cm³/mol. The highest BCUT2D eigenvalue weighted by atomic mass is 16.6. The highest BCUT2D eigenvalue weighted by molar-refractivity contribution is 5.92. The SMILES string of the molecule is CC(C)(C)NC(=O)C1c2cc([N+](=O)[O-])ccc2N[C@@H](Cc2c[nH]c3ccccc23)CC(=O)N1Cc1ccccc1. The van der Waals surface area contributed by atoms with E-state index in [9.17, 15) is 19.7 Å². The fourth-order valence-corrected chi connectivity index (χ4v) is 5.30. The van der Waals surface area contributed by atoms with Crippen LogP contribution in [0.3, 0.4) is 0 Å². The minimum atomic E-state index is -1.07. The zero-order valence-electron chi connectivity index (χ0n) is 22.8. The molecule has 9 nitrogen and oxygen atoms in total. The second-order valence-electron chi connectivity index (χ2n) is 11.3. The van der Waals surface area contributed by atoms with Crippen LogP contribution in [0.1, 0.15) is 49.9 Å². The largest absolute Gasteiger partial charge is 0.381 e. The van der Waals surface area contributed by atoms with Crippen LogP contribution in [0.25, 0.3) is 10.9 Å². The van der Waals surface area contributed by atoms with Crippen LogP contribution in [-0.2, 0) is 22.6 Å². The summed E-state index contributed by atoms with van der Waals surface area (Å²) in [5.41, 5.74) is 3.19. The number of carbonyl (C=O) groups is 2. The minimum absolute atomic E-state index is 0.141. The predicted octanol–water partition coefficient (Wildman–Crippen LogP) is 5.49. The second-order valence-corrected chi connectivity index (χ2v) is 11.3. The third-order valence-electron chi connectivity index (χ3n) is 7.04. The van der Waals surface area contributed by atoms with Gasteiger partial charge in [-0.3, -0.25) is 19.7 Å². The van der Waals surface area contributed by atoms with Crippen molar-refractivity contribution in [2.45, 2.75) is 57.8 Å². The Morgan fingerprint density at radius 1 is 1.07 bits per heavy atom. The lowest BCUT2D eigenvalue weighted by Gasteiger charge is -2.38. The van der Waals surface area contributed by atoms with Crippen molar-refractivity contribution < 1.29 is 14.5 Å². The molecule has 2 amide bonds. The molecule has 2 heterocycles. The van der Waals surface area contributed by atoms with Crippen molar-refractivity contribution in [1.29, 1.82) is 0 Å². The van der Waals surface area contributed by atoms with Crippen LogP contribution in [0, 0.1) is 10.1 Å². The van der Waals surface area contributed by atoms with E-state index in [2.05, 4.69) is 15.6 Å². The first kappa shape index (κ1) is 26.9. The van der Waals surface area contributed by atoms with Gasteiger partial charge in [0.2, 0.25) is 11.8 Å². The van der Waals surface area contributed by atoms with Crippen molar-refractivity contribution in [3.05, 3.63) is 106 Å². The Kier molecular flexibility index (Phi) is 7.30. The molecular formula is C31H33N5O4. The minimum Gasteiger partial charge on any atom is -0.381 e. The average molecular weight is 540 g/mol. The van der Waals surface area contributed by atoms with Crippen molar-refractivity contribution in [3.63, 3.8) is 0 Å². The van der Waals surface area contributed by atoms with E-state index in [1.807, 2.05) is 81.6 Å². The standard InChI is InChI=1S/C31H33N5O4/c1-31(2,3)34-30(38)29-25-17-23(36(39)40)13-14-27(25)33-22(15-21-18-32-26-12-8-7-11-24(21)26)16-28(37)35(29)19-20-9-5-4-6-10-20/h4-14,17-18,22,29,32-33H,15-16,19H2,1-3H3,(H,34,38)/t22-,29?/m0/s1. The molecule has 3 N–H and O–H groups in total. The van der Waals surface area contributed by atoms with Gasteiger partial charge < -0.3 is 20.5 Å². The van der Waals surface area contributed by atoms with E-state index in [4.69, 9.17) is 0 Å². The highest BCUT2D eigenvalue weighted by Gasteiger charge is 2.38. The topological polar surface area (TPSA) is 120 Å². The van der Waals surface area contributed by atoms with Crippen LogP contribution < -0.4 is 10.6 Å². The van der Waals surface area contributed by atoms with Gasteiger partial charge in [-0.1, -0.05) is 48.5 Å². The maximum Gasteiger partial charge on any atom is 0.269 e. The molecule has 1 aliphatic rings. The number of H-pyrrole nitrogens is 1. The van der Waals surface area contributed by atoms with Crippen LogP contribution in [0.15, 0.2) is 79.0 Å². The van der Waals surface area contributed by atoms with Crippen LogP contribution >= 0.6 is 0 Å². The van der Waals surface area contributed by atoms with Gasteiger partial charge in [0.05, 0.1) is 4.92 Å². The molecule has 4 aromatic rings. The first-order chi connectivity index (χ1) is 19.1. The third-order valence-corrected chi connectivity index (χ3v) is 7.04. The van der Waals surface area contributed by atoms with Gasteiger partial charge in [0.25, 0.3) is 5.69 Å². The maximum atomic E-state index is 14.0. The Labute approximate surface area is 232 Å². The maximum absolute atomic E-state index is 14.0. The number of aromatic nitrogens is 1. The molecule has 206 valence electrons. The number of non-ortho nitro benzene ring substituents is 1. The van der Waals surface area contributed by atoms with Gasteiger partial charge in [-0.25, -0.2) is 0 Å². The first-order valence-corrected chi connectivity index (χ1v) is 13.3. The van der Waals surface area contributed by atoms with Gasteiger partial charge in [-0.2, -0.15) is 0 Å². The summed E-state index contributed by atoms with van der Waals surface area (Å²) in [7, 11) is 0. The summed E-state index contributed by atoms with van der Waals surface area (Å²) in [6, 6.07) is 20.6. The molecule has 1 unspecified atom stereocenters. The van der Waals surface area contributed by atoms with Gasteiger partial charge in [0, 0.05) is 65.0 Å². The fraction of sp³-hybridized carbons (Fsp3) is 0.290. The van der Waals surface area contributed by atoms with Crippen molar-refractivity contribution in [2.75, 3.05) is 5.32 Å². The normalized spacial score (nSPS) is 17.5. The number of amides is 2. The summed E-state index contributed by atoms with van der Waals surface area (Å²) in [6.07, 6.45) is 2.64. The molecule has 1 aromatic heterocycles. The molecular weight excluding hydrogens is 506 g/mol. The molecule has 9 heteroatoms. The quantitative estimate of drug-likeness (QED) is 0.221. The van der Waals surface area contributed by atoms with E-state index in [0.29, 0.717) is 17.7 Å². The number of nitro groups is 1. The number of para-hydroxylation sites is 1. The number of carbonyl (C=O) groups excluding carboxylic acids is 2. The number of aromatic amines is 1. The zero-order valence-corrected chi connectivity index (χ0v) is 22.8. The Bertz CT molecular complexity index is 1560. The molecule has 3 aromatic carbocycles. The molecule has 0 saturated carbocycles. The van der Waals surface area contributed by atoms with Gasteiger partial charge in [0.1, 0.15) is 6.04 Å². The van der Waals surface area contributed by atoms with Crippen LogP contribution in [-0.4, -0.2) is 38.2 Å². The summed E-state index contributed by atoms with van der Waals surface area (Å²) in [6.45, 7) is 5.77.